The molecule has 5 heteroatoms. The van der Waals surface area contributed by atoms with Crippen LogP contribution in [-0.4, -0.2) is 56.9 Å². The van der Waals surface area contributed by atoms with Gasteiger partial charge in [0.25, 0.3) is 5.91 Å². The molecule has 0 spiro atoms. The maximum absolute atomic E-state index is 12.2. The van der Waals surface area contributed by atoms with E-state index in [1.165, 1.54) is 0 Å². The van der Waals surface area contributed by atoms with Crippen LogP contribution < -0.4 is 5.32 Å². The average molecular weight is 292 g/mol. The lowest BCUT2D eigenvalue weighted by molar-refractivity contribution is -0.118. The van der Waals surface area contributed by atoms with Crippen LogP contribution >= 0.6 is 0 Å². The third kappa shape index (κ3) is 3.36. The molecule has 1 saturated carbocycles. The van der Waals surface area contributed by atoms with Crippen LogP contribution in [0.3, 0.4) is 0 Å². The average Bonchev–Trinajstić information content (AvgIpc) is 2.46. The Morgan fingerprint density at radius 3 is 2.71 bits per heavy atom. The number of hydrogen-bond donors (Lipinski definition) is 1. The Morgan fingerprint density at radius 1 is 1.38 bits per heavy atom. The molecule has 1 aliphatic carbocycles. The molecule has 0 heterocycles. The first-order valence-corrected chi connectivity index (χ1v) is 7.30. The zero-order valence-electron chi connectivity index (χ0n) is 13.1. The molecule has 0 aliphatic heterocycles. The topological polar surface area (TPSA) is 50.8 Å². The minimum Gasteiger partial charge on any atom is -0.379 e. The lowest BCUT2D eigenvalue weighted by atomic mass is 9.84. The zero-order valence-corrected chi connectivity index (χ0v) is 13.1. The highest BCUT2D eigenvalue weighted by Crippen LogP contribution is 2.31. The Kier molecular flexibility index (Phi) is 5.20. The molecule has 5 nitrogen and oxygen atoms in total. The van der Waals surface area contributed by atoms with E-state index in [-0.39, 0.29) is 24.2 Å². The molecule has 1 N–H and O–H groups in total. The number of nitrogens with one attached hydrogen (secondary N) is 1. The molecule has 116 valence electrons. The Hall–Kier alpha value is -1.59. The normalized spacial score (nSPS) is 24.3. The third-order valence-corrected chi connectivity index (χ3v) is 3.81. The van der Waals surface area contributed by atoms with Gasteiger partial charge in [0, 0.05) is 33.5 Å². The van der Waals surface area contributed by atoms with E-state index in [0.29, 0.717) is 12.2 Å². The number of nitrogens with zero attached hydrogens (tertiary/aromatic N) is 1. The number of ether oxygens (including phenoxy) is 2. The number of benzene rings is 1. The number of carbonyl (C=O) groups is 1. The van der Waals surface area contributed by atoms with Gasteiger partial charge in [0.2, 0.25) is 0 Å². The number of para-hydroxylation sites is 1. The zero-order chi connectivity index (χ0) is 15.4. The van der Waals surface area contributed by atoms with Crippen LogP contribution in [-0.2, 0) is 9.47 Å². The molecule has 1 aliphatic rings. The molecule has 3 atom stereocenters. The minimum atomic E-state index is -0.00671. The largest absolute Gasteiger partial charge is 0.379 e. The molecular weight excluding hydrogens is 268 g/mol. The molecular formula is C16H24N2O3. The summed E-state index contributed by atoms with van der Waals surface area (Å²) in [5.41, 5.74) is 1.52. The molecule has 1 fully saturated rings. The fraction of sp³-hybridized carbons (Fsp3) is 0.562. The number of anilines is 1. The van der Waals surface area contributed by atoms with Gasteiger partial charge in [0.15, 0.2) is 0 Å². The summed E-state index contributed by atoms with van der Waals surface area (Å²) in [6.45, 7) is 2.67. The maximum Gasteiger partial charge on any atom is 0.255 e. The molecule has 1 amide bonds. The van der Waals surface area contributed by atoms with Crippen LogP contribution in [0.2, 0.25) is 0 Å². The summed E-state index contributed by atoms with van der Waals surface area (Å²) in [5.74, 6) is -0.00671. The van der Waals surface area contributed by atoms with E-state index in [4.69, 9.17) is 9.47 Å². The number of rotatable bonds is 6. The molecule has 0 bridgehead atoms. The van der Waals surface area contributed by atoms with Crippen molar-refractivity contribution >= 4 is 11.6 Å². The van der Waals surface area contributed by atoms with E-state index in [0.717, 1.165) is 12.1 Å². The number of methoxy groups -OCH3 is 1. The van der Waals surface area contributed by atoms with Crippen molar-refractivity contribution < 1.29 is 14.3 Å². The van der Waals surface area contributed by atoms with E-state index in [1.54, 1.807) is 26.1 Å². The monoisotopic (exact) mass is 292 g/mol. The van der Waals surface area contributed by atoms with E-state index >= 15 is 0 Å². The van der Waals surface area contributed by atoms with Crippen molar-refractivity contribution in [3.63, 3.8) is 0 Å². The van der Waals surface area contributed by atoms with E-state index in [2.05, 4.69) is 5.32 Å². The summed E-state index contributed by atoms with van der Waals surface area (Å²) in [7, 11) is 5.21. The molecule has 1 aromatic rings. The predicted molar refractivity (Wildman–Crippen MR) is 82.7 cm³/mol. The van der Waals surface area contributed by atoms with Crippen LogP contribution in [0.4, 0.5) is 5.69 Å². The van der Waals surface area contributed by atoms with E-state index in [9.17, 15) is 4.79 Å². The van der Waals surface area contributed by atoms with Crippen molar-refractivity contribution in [1.82, 2.24) is 4.90 Å². The standard InChI is InChI=1S/C16H24N2O3/c1-5-21-14-10-13(15(14)20-4)17-12-9-7-6-8-11(12)16(19)18(2)3/h6-9,13-15,17H,5,10H2,1-4H3. The summed E-state index contributed by atoms with van der Waals surface area (Å²) >= 11 is 0. The van der Waals surface area contributed by atoms with Crippen molar-refractivity contribution in [2.45, 2.75) is 31.6 Å². The lowest BCUT2D eigenvalue weighted by Gasteiger charge is -2.44. The summed E-state index contributed by atoms with van der Waals surface area (Å²) in [6, 6.07) is 7.74. The van der Waals surface area contributed by atoms with Gasteiger partial charge in [0.1, 0.15) is 6.10 Å². The fourth-order valence-corrected chi connectivity index (χ4v) is 2.65. The second-order valence-corrected chi connectivity index (χ2v) is 5.43. The molecule has 3 unspecified atom stereocenters. The van der Waals surface area contributed by atoms with Crippen molar-refractivity contribution in [3.05, 3.63) is 29.8 Å². The smallest absolute Gasteiger partial charge is 0.255 e. The maximum atomic E-state index is 12.2. The highest BCUT2D eigenvalue weighted by atomic mass is 16.5. The molecule has 0 aromatic heterocycles. The van der Waals surface area contributed by atoms with Gasteiger partial charge >= 0.3 is 0 Å². The first kappa shape index (κ1) is 15.8. The molecule has 21 heavy (non-hydrogen) atoms. The van der Waals surface area contributed by atoms with E-state index < -0.39 is 0 Å². The van der Waals surface area contributed by atoms with Crippen molar-refractivity contribution in [2.75, 3.05) is 33.1 Å². The van der Waals surface area contributed by atoms with Gasteiger partial charge in [-0.25, -0.2) is 0 Å². The van der Waals surface area contributed by atoms with Gasteiger partial charge in [-0.1, -0.05) is 12.1 Å². The van der Waals surface area contributed by atoms with Crippen LogP contribution in [0.15, 0.2) is 24.3 Å². The van der Waals surface area contributed by atoms with E-state index in [1.807, 2.05) is 31.2 Å². The van der Waals surface area contributed by atoms with Crippen LogP contribution in [0.5, 0.6) is 0 Å². The molecule has 1 aromatic carbocycles. The van der Waals surface area contributed by atoms with Crippen molar-refractivity contribution in [2.24, 2.45) is 0 Å². The van der Waals surface area contributed by atoms with Crippen molar-refractivity contribution in [1.29, 1.82) is 0 Å². The second-order valence-electron chi connectivity index (χ2n) is 5.43. The summed E-state index contributed by atoms with van der Waals surface area (Å²) < 4.78 is 11.1. The van der Waals surface area contributed by atoms with Gasteiger partial charge in [-0.2, -0.15) is 0 Å². The Morgan fingerprint density at radius 2 is 2.10 bits per heavy atom. The summed E-state index contributed by atoms with van der Waals surface area (Å²) in [5, 5.41) is 3.42. The third-order valence-electron chi connectivity index (χ3n) is 3.81. The van der Waals surface area contributed by atoms with Gasteiger partial charge < -0.3 is 19.7 Å². The second kappa shape index (κ2) is 6.91. The highest BCUT2D eigenvalue weighted by Gasteiger charge is 2.42. The first-order valence-electron chi connectivity index (χ1n) is 7.30. The lowest BCUT2D eigenvalue weighted by Crippen LogP contribution is -2.57. The summed E-state index contributed by atoms with van der Waals surface area (Å²) in [4.78, 5) is 13.8. The molecule has 0 saturated heterocycles. The SMILES string of the molecule is CCOC1CC(Nc2ccccc2C(=O)N(C)C)C1OC. The number of amides is 1. The number of hydrogen-bond acceptors (Lipinski definition) is 4. The molecule has 2 rings (SSSR count). The minimum absolute atomic E-state index is 0.00671. The first-order chi connectivity index (χ1) is 10.1. The number of carbonyl (C=O) groups excluding carboxylic acids is 1. The Labute approximate surface area is 126 Å². The fourth-order valence-electron chi connectivity index (χ4n) is 2.65. The van der Waals surface area contributed by atoms with Crippen LogP contribution in [0, 0.1) is 0 Å². The Balaban J connectivity index is 2.09. The van der Waals surface area contributed by atoms with Crippen molar-refractivity contribution in [3.8, 4) is 0 Å². The van der Waals surface area contributed by atoms with Gasteiger partial charge in [0.05, 0.1) is 17.7 Å². The predicted octanol–water partition coefficient (Wildman–Crippen LogP) is 1.99. The van der Waals surface area contributed by atoms with Crippen LogP contribution in [0.25, 0.3) is 0 Å². The van der Waals surface area contributed by atoms with Gasteiger partial charge in [-0.15, -0.1) is 0 Å². The van der Waals surface area contributed by atoms with Gasteiger partial charge in [-0.05, 0) is 25.5 Å². The summed E-state index contributed by atoms with van der Waals surface area (Å²) in [6.07, 6.45) is 1.04. The quantitative estimate of drug-likeness (QED) is 0.871. The Bertz CT molecular complexity index is 490. The van der Waals surface area contributed by atoms with Crippen LogP contribution in [0.1, 0.15) is 23.7 Å². The highest BCUT2D eigenvalue weighted by molar-refractivity contribution is 5.99. The molecule has 0 radical (unpaired) electrons. The van der Waals surface area contributed by atoms with Gasteiger partial charge in [-0.3, -0.25) is 4.79 Å².